The lowest BCUT2D eigenvalue weighted by Crippen LogP contribution is -2.48. The van der Waals surface area contributed by atoms with Gasteiger partial charge in [-0.15, -0.1) is 0 Å². The van der Waals surface area contributed by atoms with E-state index in [-0.39, 0.29) is 11.7 Å². The molecule has 0 spiro atoms. The summed E-state index contributed by atoms with van der Waals surface area (Å²) in [4.78, 5) is 28.4. The number of carbonyl (C=O) groups excluding carboxylic acids is 2. The fraction of sp³-hybridized carbons (Fsp3) is 0.368. The summed E-state index contributed by atoms with van der Waals surface area (Å²) in [5, 5.41) is 0. The maximum atomic E-state index is 12.2. The van der Waals surface area contributed by atoms with E-state index in [1.54, 1.807) is 12.1 Å². The van der Waals surface area contributed by atoms with Gasteiger partial charge in [0.1, 0.15) is 0 Å². The smallest absolute Gasteiger partial charge is 0.289 e. The van der Waals surface area contributed by atoms with Crippen molar-refractivity contribution in [1.29, 1.82) is 0 Å². The number of benzene rings is 1. The Morgan fingerprint density at radius 1 is 0.958 bits per heavy atom. The van der Waals surface area contributed by atoms with Crippen molar-refractivity contribution in [3.63, 3.8) is 0 Å². The molecule has 3 rings (SSSR count). The van der Waals surface area contributed by atoms with Gasteiger partial charge in [0.05, 0.1) is 6.26 Å². The quantitative estimate of drug-likeness (QED) is 0.766. The minimum atomic E-state index is -0.0427. The molecule has 1 aliphatic heterocycles. The Bertz CT molecular complexity index is 659. The van der Waals surface area contributed by atoms with Gasteiger partial charge in [-0.25, -0.2) is 0 Å². The highest BCUT2D eigenvalue weighted by molar-refractivity contribution is 5.95. The SMILES string of the molecule is O=C(CCCN1CCN(C(=O)c2ccco2)CC1)c1ccccc1. The number of nitrogens with zero attached hydrogens (tertiary/aromatic N) is 2. The Kier molecular flexibility index (Phi) is 5.43. The largest absolute Gasteiger partial charge is 0.459 e. The average Bonchev–Trinajstić information content (AvgIpc) is 3.17. The first-order valence-corrected chi connectivity index (χ1v) is 8.37. The topological polar surface area (TPSA) is 53.8 Å². The molecule has 0 radical (unpaired) electrons. The molecule has 5 nitrogen and oxygen atoms in total. The molecule has 2 aromatic rings. The Morgan fingerprint density at radius 2 is 1.71 bits per heavy atom. The second-order valence-electron chi connectivity index (χ2n) is 6.00. The van der Waals surface area contributed by atoms with E-state index in [0.29, 0.717) is 25.3 Å². The summed E-state index contributed by atoms with van der Waals surface area (Å²) < 4.78 is 5.17. The maximum Gasteiger partial charge on any atom is 0.289 e. The maximum absolute atomic E-state index is 12.2. The summed E-state index contributed by atoms with van der Waals surface area (Å²) in [5.41, 5.74) is 0.784. The van der Waals surface area contributed by atoms with Crippen molar-refractivity contribution in [2.75, 3.05) is 32.7 Å². The third kappa shape index (κ3) is 4.11. The zero-order chi connectivity index (χ0) is 16.8. The van der Waals surface area contributed by atoms with Gasteiger partial charge in [-0.2, -0.15) is 0 Å². The molecule has 0 N–H and O–H groups in total. The molecule has 0 atom stereocenters. The number of furan rings is 1. The summed E-state index contributed by atoms with van der Waals surface area (Å²) in [7, 11) is 0. The molecule has 2 heterocycles. The number of carbonyl (C=O) groups is 2. The van der Waals surface area contributed by atoms with Crippen molar-refractivity contribution in [2.45, 2.75) is 12.8 Å². The Labute approximate surface area is 141 Å². The molecule has 1 aliphatic rings. The van der Waals surface area contributed by atoms with Gasteiger partial charge in [-0.1, -0.05) is 30.3 Å². The molecule has 126 valence electrons. The van der Waals surface area contributed by atoms with E-state index < -0.39 is 0 Å². The average molecular weight is 326 g/mol. The highest BCUT2D eigenvalue weighted by Crippen LogP contribution is 2.11. The fourth-order valence-corrected chi connectivity index (χ4v) is 2.96. The summed E-state index contributed by atoms with van der Waals surface area (Å²) >= 11 is 0. The normalized spacial score (nSPS) is 15.4. The number of Topliss-reactive ketones (excluding diaryl/α,β-unsaturated/α-hetero) is 1. The lowest BCUT2D eigenvalue weighted by molar-refractivity contribution is 0.0604. The summed E-state index contributed by atoms with van der Waals surface area (Å²) in [6.07, 6.45) is 2.93. The molecule has 0 saturated carbocycles. The number of hydrogen-bond acceptors (Lipinski definition) is 4. The molecule has 0 unspecified atom stereocenters. The van der Waals surface area contributed by atoms with Gasteiger partial charge < -0.3 is 9.32 Å². The van der Waals surface area contributed by atoms with Crippen LogP contribution in [0.2, 0.25) is 0 Å². The summed E-state index contributed by atoms with van der Waals surface area (Å²) in [6, 6.07) is 12.9. The highest BCUT2D eigenvalue weighted by atomic mass is 16.3. The minimum absolute atomic E-state index is 0.0427. The van der Waals surface area contributed by atoms with Crippen molar-refractivity contribution in [3.05, 3.63) is 60.1 Å². The van der Waals surface area contributed by atoms with E-state index in [4.69, 9.17) is 4.42 Å². The molecule has 0 aliphatic carbocycles. The molecule has 24 heavy (non-hydrogen) atoms. The van der Waals surface area contributed by atoms with E-state index in [1.807, 2.05) is 35.2 Å². The van der Waals surface area contributed by atoms with Crippen LogP contribution in [0.1, 0.15) is 33.8 Å². The second-order valence-corrected chi connectivity index (χ2v) is 6.00. The first-order valence-electron chi connectivity index (χ1n) is 8.37. The Hall–Kier alpha value is -2.40. The van der Waals surface area contributed by atoms with Crippen LogP contribution in [0.4, 0.5) is 0 Å². The highest BCUT2D eigenvalue weighted by Gasteiger charge is 2.23. The lowest BCUT2D eigenvalue weighted by atomic mass is 10.1. The van der Waals surface area contributed by atoms with Crippen LogP contribution in [-0.4, -0.2) is 54.2 Å². The summed E-state index contributed by atoms with van der Waals surface area (Å²) in [6.45, 7) is 3.97. The van der Waals surface area contributed by atoms with Gasteiger partial charge in [0.15, 0.2) is 11.5 Å². The molecule has 1 aromatic heterocycles. The van der Waals surface area contributed by atoms with Crippen LogP contribution >= 0.6 is 0 Å². The van der Waals surface area contributed by atoms with Crippen LogP contribution < -0.4 is 0 Å². The summed E-state index contributed by atoms with van der Waals surface area (Å²) in [5.74, 6) is 0.554. The molecule has 0 bridgehead atoms. The molecule has 1 fully saturated rings. The van der Waals surface area contributed by atoms with Gasteiger partial charge >= 0.3 is 0 Å². The predicted octanol–water partition coefficient (Wildman–Crippen LogP) is 2.70. The molecular weight excluding hydrogens is 304 g/mol. The lowest BCUT2D eigenvalue weighted by Gasteiger charge is -2.34. The molecular formula is C19H22N2O3. The van der Waals surface area contributed by atoms with Crippen molar-refractivity contribution in [3.8, 4) is 0 Å². The van der Waals surface area contributed by atoms with Gasteiger partial charge in [0.2, 0.25) is 0 Å². The van der Waals surface area contributed by atoms with Crippen LogP contribution in [0.3, 0.4) is 0 Å². The van der Waals surface area contributed by atoms with E-state index in [9.17, 15) is 9.59 Å². The third-order valence-electron chi connectivity index (χ3n) is 4.37. The first-order chi connectivity index (χ1) is 11.7. The van der Waals surface area contributed by atoms with Gasteiger partial charge in [-0.05, 0) is 25.1 Å². The predicted molar refractivity (Wildman–Crippen MR) is 91.1 cm³/mol. The van der Waals surface area contributed by atoms with Crippen LogP contribution in [-0.2, 0) is 0 Å². The van der Waals surface area contributed by atoms with Crippen molar-refractivity contribution >= 4 is 11.7 Å². The van der Waals surface area contributed by atoms with Crippen LogP contribution in [0.15, 0.2) is 53.1 Å². The van der Waals surface area contributed by atoms with Gasteiger partial charge in [0, 0.05) is 38.2 Å². The number of amides is 1. The van der Waals surface area contributed by atoms with Crippen LogP contribution in [0.5, 0.6) is 0 Å². The minimum Gasteiger partial charge on any atom is -0.459 e. The molecule has 1 amide bonds. The second kappa shape index (κ2) is 7.93. The number of hydrogen-bond donors (Lipinski definition) is 0. The van der Waals surface area contributed by atoms with E-state index in [1.165, 1.54) is 6.26 Å². The van der Waals surface area contributed by atoms with Crippen LogP contribution in [0, 0.1) is 0 Å². The fourth-order valence-electron chi connectivity index (χ4n) is 2.96. The zero-order valence-electron chi connectivity index (χ0n) is 13.7. The number of ketones is 1. The van der Waals surface area contributed by atoms with Crippen LogP contribution in [0.25, 0.3) is 0 Å². The van der Waals surface area contributed by atoms with Gasteiger partial charge in [-0.3, -0.25) is 14.5 Å². The molecule has 1 saturated heterocycles. The Balaban J connectivity index is 1.38. The first kappa shape index (κ1) is 16.5. The van der Waals surface area contributed by atoms with E-state index in [0.717, 1.165) is 31.6 Å². The van der Waals surface area contributed by atoms with Gasteiger partial charge in [0.25, 0.3) is 5.91 Å². The zero-order valence-corrected chi connectivity index (χ0v) is 13.7. The standard InChI is InChI=1S/C19H22N2O3/c22-17(16-6-2-1-3-7-16)8-4-10-20-11-13-21(14-12-20)19(23)18-9-5-15-24-18/h1-3,5-7,9,15H,4,8,10-14H2. The van der Waals surface area contributed by atoms with Crippen molar-refractivity contribution < 1.29 is 14.0 Å². The Morgan fingerprint density at radius 3 is 2.38 bits per heavy atom. The molecule has 1 aromatic carbocycles. The van der Waals surface area contributed by atoms with E-state index >= 15 is 0 Å². The van der Waals surface area contributed by atoms with Crippen molar-refractivity contribution in [2.24, 2.45) is 0 Å². The number of rotatable bonds is 6. The van der Waals surface area contributed by atoms with Crippen molar-refractivity contribution in [1.82, 2.24) is 9.80 Å². The third-order valence-corrected chi connectivity index (χ3v) is 4.37. The monoisotopic (exact) mass is 326 g/mol. The molecule has 5 heteroatoms. The number of piperazine rings is 1. The van der Waals surface area contributed by atoms with E-state index in [2.05, 4.69) is 4.90 Å².